The van der Waals surface area contributed by atoms with E-state index in [1.807, 2.05) is 0 Å². The van der Waals surface area contributed by atoms with Gasteiger partial charge in [-0.25, -0.2) is 0 Å². The lowest BCUT2D eigenvalue weighted by molar-refractivity contribution is 0.195. The molecule has 0 bridgehead atoms. The molecule has 0 aliphatic heterocycles. The molecule has 13 heavy (non-hydrogen) atoms. The van der Waals surface area contributed by atoms with Crippen molar-refractivity contribution < 1.29 is 0 Å². The van der Waals surface area contributed by atoms with Crippen LogP contribution in [-0.4, -0.2) is 5.66 Å². The molecular weight excluding hydrogens is 160 g/mol. The van der Waals surface area contributed by atoms with Gasteiger partial charge >= 0.3 is 0 Å². The van der Waals surface area contributed by atoms with Crippen molar-refractivity contribution in [2.24, 2.45) is 17.4 Å². The second-order valence-electron chi connectivity index (χ2n) is 4.55. The van der Waals surface area contributed by atoms with Crippen LogP contribution in [0.1, 0.15) is 58.3 Å². The van der Waals surface area contributed by atoms with E-state index in [2.05, 4.69) is 6.92 Å². The third-order valence-electron chi connectivity index (χ3n) is 3.33. The monoisotopic (exact) mass is 184 g/mol. The lowest BCUT2D eigenvalue weighted by Crippen LogP contribution is -2.56. The molecule has 78 valence electrons. The van der Waals surface area contributed by atoms with Gasteiger partial charge in [0.15, 0.2) is 0 Å². The fraction of sp³-hybridized carbons (Fsp3) is 1.00. The van der Waals surface area contributed by atoms with E-state index in [1.54, 1.807) is 0 Å². The lowest BCUT2D eigenvalue weighted by atomic mass is 9.78. The first-order valence-electron chi connectivity index (χ1n) is 5.74. The standard InChI is InChI=1S/C11H24N2/c1-2-3-9-11(12,13)10-7-5-4-6-8-10/h10H,2-9,12-13H2,1H3. The van der Waals surface area contributed by atoms with Crippen molar-refractivity contribution in [3.8, 4) is 0 Å². The van der Waals surface area contributed by atoms with Crippen molar-refractivity contribution in [2.75, 3.05) is 0 Å². The van der Waals surface area contributed by atoms with Crippen LogP contribution in [0.3, 0.4) is 0 Å². The Kier molecular flexibility index (Phi) is 4.20. The molecule has 1 rings (SSSR count). The zero-order valence-electron chi connectivity index (χ0n) is 8.89. The van der Waals surface area contributed by atoms with Crippen LogP contribution in [-0.2, 0) is 0 Å². The van der Waals surface area contributed by atoms with Crippen LogP contribution in [0.15, 0.2) is 0 Å². The van der Waals surface area contributed by atoms with E-state index in [1.165, 1.54) is 44.9 Å². The van der Waals surface area contributed by atoms with E-state index in [9.17, 15) is 0 Å². The fourth-order valence-electron chi connectivity index (χ4n) is 2.33. The van der Waals surface area contributed by atoms with Crippen molar-refractivity contribution in [3.63, 3.8) is 0 Å². The van der Waals surface area contributed by atoms with E-state index >= 15 is 0 Å². The summed E-state index contributed by atoms with van der Waals surface area (Å²) in [6, 6.07) is 0. The number of hydrogen-bond acceptors (Lipinski definition) is 2. The van der Waals surface area contributed by atoms with Crippen LogP contribution < -0.4 is 11.5 Å². The van der Waals surface area contributed by atoms with Crippen LogP contribution in [0.2, 0.25) is 0 Å². The van der Waals surface area contributed by atoms with Crippen LogP contribution in [0.25, 0.3) is 0 Å². The highest BCUT2D eigenvalue weighted by Crippen LogP contribution is 2.31. The average Bonchev–Trinajstić information content (AvgIpc) is 2.16. The summed E-state index contributed by atoms with van der Waals surface area (Å²) in [5, 5.41) is 0. The largest absolute Gasteiger partial charge is 0.313 e. The highest BCUT2D eigenvalue weighted by atomic mass is 15.0. The summed E-state index contributed by atoms with van der Waals surface area (Å²) < 4.78 is 0. The molecule has 0 aromatic carbocycles. The first-order valence-corrected chi connectivity index (χ1v) is 5.74. The molecular formula is C11H24N2. The zero-order valence-corrected chi connectivity index (χ0v) is 8.89. The molecule has 1 fully saturated rings. The second kappa shape index (κ2) is 4.97. The van der Waals surface area contributed by atoms with Crippen LogP contribution in [0, 0.1) is 5.92 Å². The van der Waals surface area contributed by atoms with Crippen molar-refractivity contribution in [1.29, 1.82) is 0 Å². The second-order valence-corrected chi connectivity index (χ2v) is 4.55. The minimum Gasteiger partial charge on any atom is -0.313 e. The quantitative estimate of drug-likeness (QED) is 0.659. The summed E-state index contributed by atoms with van der Waals surface area (Å²) in [5.41, 5.74) is 11.9. The fourth-order valence-corrected chi connectivity index (χ4v) is 2.33. The molecule has 0 spiro atoms. The molecule has 0 saturated heterocycles. The summed E-state index contributed by atoms with van der Waals surface area (Å²) in [5.74, 6) is 0.577. The normalized spacial score (nSPS) is 20.5. The van der Waals surface area contributed by atoms with E-state index in [0.717, 1.165) is 6.42 Å². The van der Waals surface area contributed by atoms with Gasteiger partial charge in [0, 0.05) is 0 Å². The van der Waals surface area contributed by atoms with Crippen molar-refractivity contribution in [1.82, 2.24) is 0 Å². The highest BCUT2D eigenvalue weighted by molar-refractivity contribution is 4.86. The van der Waals surface area contributed by atoms with E-state index in [4.69, 9.17) is 11.5 Å². The maximum Gasteiger partial charge on any atom is 0.0665 e. The van der Waals surface area contributed by atoms with Gasteiger partial charge in [0.05, 0.1) is 5.66 Å². The van der Waals surface area contributed by atoms with E-state index in [0.29, 0.717) is 5.92 Å². The molecule has 0 atom stereocenters. The third kappa shape index (κ3) is 3.28. The maximum absolute atomic E-state index is 6.16. The van der Waals surface area contributed by atoms with E-state index in [-0.39, 0.29) is 5.66 Å². The highest BCUT2D eigenvalue weighted by Gasteiger charge is 2.30. The number of nitrogens with two attached hydrogens (primary N) is 2. The number of rotatable bonds is 4. The molecule has 0 radical (unpaired) electrons. The predicted octanol–water partition coefficient (Wildman–Crippen LogP) is 2.37. The van der Waals surface area contributed by atoms with Gasteiger partial charge < -0.3 is 11.5 Å². The molecule has 0 unspecified atom stereocenters. The Bertz CT molecular complexity index is 137. The molecule has 4 N–H and O–H groups in total. The smallest absolute Gasteiger partial charge is 0.0665 e. The Morgan fingerprint density at radius 1 is 1.15 bits per heavy atom. The molecule has 0 aromatic heterocycles. The molecule has 0 heterocycles. The molecule has 1 aliphatic carbocycles. The Morgan fingerprint density at radius 2 is 1.77 bits per heavy atom. The van der Waals surface area contributed by atoms with Crippen LogP contribution in [0.4, 0.5) is 0 Å². The minimum atomic E-state index is -0.379. The predicted molar refractivity (Wildman–Crippen MR) is 57.2 cm³/mol. The lowest BCUT2D eigenvalue weighted by Gasteiger charge is -2.36. The molecule has 0 amide bonds. The summed E-state index contributed by atoms with van der Waals surface area (Å²) >= 11 is 0. The van der Waals surface area contributed by atoms with Crippen molar-refractivity contribution in [3.05, 3.63) is 0 Å². The summed E-state index contributed by atoms with van der Waals surface area (Å²) in [4.78, 5) is 0. The molecule has 2 heteroatoms. The SMILES string of the molecule is CCCCC(N)(N)C1CCCCC1. The van der Waals surface area contributed by atoms with Gasteiger partial charge in [0.2, 0.25) is 0 Å². The molecule has 2 nitrogen and oxygen atoms in total. The summed E-state index contributed by atoms with van der Waals surface area (Å²) in [6.07, 6.45) is 9.88. The summed E-state index contributed by atoms with van der Waals surface area (Å²) in [6.45, 7) is 2.19. The van der Waals surface area contributed by atoms with Gasteiger partial charge in [-0.2, -0.15) is 0 Å². The van der Waals surface area contributed by atoms with Crippen LogP contribution >= 0.6 is 0 Å². The first-order chi connectivity index (χ1) is 6.17. The van der Waals surface area contributed by atoms with Gasteiger partial charge in [-0.3, -0.25) is 0 Å². The van der Waals surface area contributed by atoms with Gasteiger partial charge in [-0.05, 0) is 25.2 Å². The molecule has 1 saturated carbocycles. The topological polar surface area (TPSA) is 52.0 Å². The van der Waals surface area contributed by atoms with Crippen molar-refractivity contribution in [2.45, 2.75) is 64.0 Å². The Labute approximate surface area is 82.1 Å². The van der Waals surface area contributed by atoms with Gasteiger partial charge in [0.1, 0.15) is 0 Å². The Hall–Kier alpha value is -0.0800. The Balaban J connectivity index is 2.36. The zero-order chi connectivity index (χ0) is 9.73. The minimum absolute atomic E-state index is 0.379. The van der Waals surface area contributed by atoms with Gasteiger partial charge in [-0.15, -0.1) is 0 Å². The van der Waals surface area contributed by atoms with Gasteiger partial charge in [0.25, 0.3) is 0 Å². The van der Waals surface area contributed by atoms with Crippen molar-refractivity contribution >= 4 is 0 Å². The molecule has 0 aromatic rings. The first kappa shape index (κ1) is 11.0. The molecule has 1 aliphatic rings. The number of hydrogen-bond donors (Lipinski definition) is 2. The number of unbranched alkanes of at least 4 members (excludes halogenated alkanes) is 1. The van der Waals surface area contributed by atoms with Crippen LogP contribution in [0.5, 0.6) is 0 Å². The van der Waals surface area contributed by atoms with E-state index < -0.39 is 0 Å². The maximum atomic E-state index is 6.16. The summed E-state index contributed by atoms with van der Waals surface area (Å²) in [7, 11) is 0. The Morgan fingerprint density at radius 3 is 2.31 bits per heavy atom. The average molecular weight is 184 g/mol. The van der Waals surface area contributed by atoms with Gasteiger partial charge in [-0.1, -0.05) is 39.0 Å². The third-order valence-corrected chi connectivity index (χ3v) is 3.33.